The van der Waals surface area contributed by atoms with Crippen molar-refractivity contribution in [1.82, 2.24) is 5.32 Å². The molecule has 0 aromatic heterocycles. The van der Waals surface area contributed by atoms with Crippen LogP contribution in [0.2, 0.25) is 0 Å². The maximum Gasteiger partial charge on any atom is 0.240 e. The van der Waals surface area contributed by atoms with Gasteiger partial charge in [-0.15, -0.1) is 0 Å². The van der Waals surface area contributed by atoms with Gasteiger partial charge in [0.1, 0.15) is 5.41 Å². The minimum absolute atomic E-state index is 0.0237. The lowest BCUT2D eigenvalue weighted by molar-refractivity contribution is -0.133. The largest absolute Gasteiger partial charge is 0.396 e. The van der Waals surface area contributed by atoms with E-state index in [9.17, 15) is 15.2 Å². The van der Waals surface area contributed by atoms with Crippen molar-refractivity contribution in [3.8, 4) is 6.07 Å². The first kappa shape index (κ1) is 13.3. The molecule has 18 heavy (non-hydrogen) atoms. The molecule has 2 fully saturated rings. The Labute approximate surface area is 107 Å². The van der Waals surface area contributed by atoms with Gasteiger partial charge in [0, 0.05) is 31.8 Å². The fourth-order valence-corrected chi connectivity index (χ4v) is 2.86. The Morgan fingerprint density at radius 1 is 1.44 bits per heavy atom. The van der Waals surface area contributed by atoms with Crippen LogP contribution < -0.4 is 5.32 Å². The minimum atomic E-state index is -0.930. The number of amides is 1. The molecular formula is C13H20N2O3. The molecule has 0 spiro atoms. The van der Waals surface area contributed by atoms with Crippen molar-refractivity contribution in [3.63, 3.8) is 0 Å². The summed E-state index contributed by atoms with van der Waals surface area (Å²) in [5.74, 6) is -0.0387. The molecule has 1 aliphatic heterocycles. The Bertz CT molecular complexity index is 345. The predicted molar refractivity (Wildman–Crippen MR) is 64.5 cm³/mol. The molecule has 1 saturated carbocycles. The first-order valence-electron chi connectivity index (χ1n) is 6.63. The predicted octanol–water partition coefficient (Wildman–Crippen LogP) is 0.584. The highest BCUT2D eigenvalue weighted by Gasteiger charge is 2.42. The molecule has 2 N–H and O–H groups in total. The van der Waals surface area contributed by atoms with Gasteiger partial charge < -0.3 is 15.2 Å². The zero-order valence-corrected chi connectivity index (χ0v) is 10.5. The first-order chi connectivity index (χ1) is 8.72. The van der Waals surface area contributed by atoms with Crippen LogP contribution in [-0.4, -0.2) is 36.9 Å². The summed E-state index contributed by atoms with van der Waals surface area (Å²) in [6.07, 6.45) is 3.80. The monoisotopic (exact) mass is 252 g/mol. The number of carbonyl (C=O) groups is 1. The van der Waals surface area contributed by atoms with E-state index in [1.54, 1.807) is 0 Å². The standard InChI is InChI=1S/C13H20N2O3/c14-9-13(4-6-18-7-5-13)12(17)15-11-3-1-2-10(11)8-16/h10-11,16H,1-8H2,(H,15,17). The Balaban J connectivity index is 2.00. The molecule has 1 amide bonds. The van der Waals surface area contributed by atoms with Gasteiger partial charge in [0.2, 0.25) is 5.91 Å². The number of nitrogens with one attached hydrogen (secondary N) is 1. The van der Waals surface area contributed by atoms with Crippen LogP contribution >= 0.6 is 0 Å². The maximum absolute atomic E-state index is 12.3. The molecule has 1 aliphatic carbocycles. The van der Waals surface area contributed by atoms with Crippen LogP contribution in [0, 0.1) is 22.7 Å². The minimum Gasteiger partial charge on any atom is -0.396 e. The Hall–Kier alpha value is -1.12. The molecule has 2 unspecified atom stereocenters. The van der Waals surface area contributed by atoms with E-state index in [1.165, 1.54) is 0 Å². The molecule has 5 heteroatoms. The summed E-state index contributed by atoms with van der Waals surface area (Å²) in [7, 11) is 0. The van der Waals surface area contributed by atoms with Crippen LogP contribution in [0.1, 0.15) is 32.1 Å². The van der Waals surface area contributed by atoms with Gasteiger partial charge in [-0.1, -0.05) is 6.42 Å². The van der Waals surface area contributed by atoms with Crippen molar-refractivity contribution in [1.29, 1.82) is 5.26 Å². The van der Waals surface area contributed by atoms with Gasteiger partial charge >= 0.3 is 0 Å². The number of hydrogen-bond acceptors (Lipinski definition) is 4. The molecule has 0 aromatic rings. The van der Waals surface area contributed by atoms with Gasteiger partial charge in [-0.25, -0.2) is 0 Å². The van der Waals surface area contributed by atoms with Crippen molar-refractivity contribution in [2.45, 2.75) is 38.1 Å². The molecule has 2 aliphatic rings. The lowest BCUT2D eigenvalue weighted by atomic mass is 9.80. The van der Waals surface area contributed by atoms with Crippen LogP contribution in [0.3, 0.4) is 0 Å². The second-order valence-electron chi connectivity index (χ2n) is 5.26. The van der Waals surface area contributed by atoms with Crippen molar-refractivity contribution >= 4 is 5.91 Å². The number of nitriles is 1. The van der Waals surface area contributed by atoms with E-state index in [-0.39, 0.29) is 24.5 Å². The van der Waals surface area contributed by atoms with Crippen LogP contribution in [0.4, 0.5) is 0 Å². The second-order valence-corrected chi connectivity index (χ2v) is 5.26. The van der Waals surface area contributed by atoms with Crippen LogP contribution in [0.5, 0.6) is 0 Å². The zero-order chi connectivity index (χ0) is 13.0. The number of nitrogens with zero attached hydrogens (tertiary/aromatic N) is 1. The van der Waals surface area contributed by atoms with E-state index in [1.807, 2.05) is 0 Å². The molecule has 1 heterocycles. The van der Waals surface area contributed by atoms with Crippen molar-refractivity contribution < 1.29 is 14.6 Å². The molecule has 2 atom stereocenters. The smallest absolute Gasteiger partial charge is 0.240 e. The third kappa shape index (κ3) is 2.50. The third-order valence-corrected chi connectivity index (χ3v) is 4.21. The Morgan fingerprint density at radius 2 is 2.17 bits per heavy atom. The average molecular weight is 252 g/mol. The summed E-state index contributed by atoms with van der Waals surface area (Å²) in [6, 6.07) is 2.19. The van der Waals surface area contributed by atoms with Gasteiger partial charge in [0.05, 0.1) is 6.07 Å². The van der Waals surface area contributed by atoms with E-state index in [0.717, 1.165) is 19.3 Å². The third-order valence-electron chi connectivity index (χ3n) is 4.21. The zero-order valence-electron chi connectivity index (χ0n) is 10.5. The quantitative estimate of drug-likeness (QED) is 0.770. The Morgan fingerprint density at radius 3 is 2.78 bits per heavy atom. The number of rotatable bonds is 3. The maximum atomic E-state index is 12.3. The van der Waals surface area contributed by atoms with Gasteiger partial charge in [-0.3, -0.25) is 4.79 Å². The summed E-state index contributed by atoms with van der Waals surface area (Å²) in [6.45, 7) is 1.04. The fraction of sp³-hybridized carbons (Fsp3) is 0.846. The lowest BCUT2D eigenvalue weighted by Gasteiger charge is -2.31. The summed E-state index contributed by atoms with van der Waals surface area (Å²) in [5, 5.41) is 21.5. The van der Waals surface area contributed by atoms with Crippen LogP contribution in [0.15, 0.2) is 0 Å². The van der Waals surface area contributed by atoms with Crippen molar-refractivity contribution in [2.24, 2.45) is 11.3 Å². The SMILES string of the molecule is N#CC1(C(=O)NC2CCCC2CO)CCOCC1. The van der Waals surface area contributed by atoms with E-state index in [4.69, 9.17) is 4.74 Å². The summed E-state index contributed by atoms with van der Waals surface area (Å²) < 4.78 is 5.22. The fourth-order valence-electron chi connectivity index (χ4n) is 2.86. The number of hydrogen-bond donors (Lipinski definition) is 2. The van der Waals surface area contributed by atoms with Gasteiger partial charge in [-0.05, 0) is 25.7 Å². The second kappa shape index (κ2) is 5.68. The average Bonchev–Trinajstić information content (AvgIpc) is 2.86. The lowest BCUT2D eigenvalue weighted by Crippen LogP contribution is -2.48. The summed E-state index contributed by atoms with van der Waals surface area (Å²) in [4.78, 5) is 12.3. The molecular weight excluding hydrogens is 232 g/mol. The van der Waals surface area contributed by atoms with E-state index in [2.05, 4.69) is 11.4 Å². The molecule has 0 radical (unpaired) electrons. The topological polar surface area (TPSA) is 82.4 Å². The first-order valence-corrected chi connectivity index (χ1v) is 6.63. The number of aliphatic hydroxyl groups is 1. The molecule has 0 aromatic carbocycles. The van der Waals surface area contributed by atoms with E-state index < -0.39 is 5.41 Å². The van der Waals surface area contributed by atoms with Gasteiger partial charge in [-0.2, -0.15) is 5.26 Å². The highest BCUT2D eigenvalue weighted by molar-refractivity contribution is 5.85. The highest BCUT2D eigenvalue weighted by atomic mass is 16.5. The number of aliphatic hydroxyl groups excluding tert-OH is 1. The van der Waals surface area contributed by atoms with Gasteiger partial charge in [0.15, 0.2) is 0 Å². The van der Waals surface area contributed by atoms with Crippen molar-refractivity contribution in [2.75, 3.05) is 19.8 Å². The Kier molecular flexibility index (Phi) is 4.20. The molecule has 100 valence electrons. The highest BCUT2D eigenvalue weighted by Crippen LogP contribution is 2.32. The van der Waals surface area contributed by atoms with Gasteiger partial charge in [0.25, 0.3) is 0 Å². The van der Waals surface area contributed by atoms with E-state index >= 15 is 0 Å². The van der Waals surface area contributed by atoms with Crippen molar-refractivity contribution in [3.05, 3.63) is 0 Å². The molecule has 2 rings (SSSR count). The van der Waals surface area contributed by atoms with E-state index in [0.29, 0.717) is 26.1 Å². The molecule has 5 nitrogen and oxygen atoms in total. The number of carbonyl (C=O) groups excluding carboxylic acids is 1. The molecule has 0 bridgehead atoms. The summed E-state index contributed by atoms with van der Waals surface area (Å²) in [5.41, 5.74) is -0.930. The normalized spacial score (nSPS) is 30.7. The summed E-state index contributed by atoms with van der Waals surface area (Å²) >= 11 is 0. The van der Waals surface area contributed by atoms with Crippen LogP contribution in [-0.2, 0) is 9.53 Å². The van der Waals surface area contributed by atoms with Crippen LogP contribution in [0.25, 0.3) is 0 Å². The number of ether oxygens (including phenoxy) is 1. The molecule has 1 saturated heterocycles.